The number of fused-ring (bicyclic) bond motifs is 1. The number of hydrogen-bond donors (Lipinski definition) is 2. The first-order valence-corrected chi connectivity index (χ1v) is 9.94. The molecule has 0 bridgehead atoms. The van der Waals surface area contributed by atoms with Crippen LogP contribution in [0.15, 0.2) is 23.2 Å². The molecule has 2 N–H and O–H groups in total. The second-order valence-corrected chi connectivity index (χ2v) is 7.17. The van der Waals surface area contributed by atoms with Crippen molar-refractivity contribution in [1.82, 2.24) is 15.5 Å². The van der Waals surface area contributed by atoms with Gasteiger partial charge in [-0.3, -0.25) is 4.99 Å². The first-order chi connectivity index (χ1) is 13.2. The Morgan fingerprint density at radius 3 is 2.71 bits per heavy atom. The molecule has 0 aromatic heterocycles. The first kappa shape index (κ1) is 22.9. The predicted octanol–water partition coefficient (Wildman–Crippen LogP) is 2.70. The van der Waals surface area contributed by atoms with Gasteiger partial charge in [-0.1, -0.05) is 6.92 Å². The van der Waals surface area contributed by atoms with E-state index in [-0.39, 0.29) is 30.8 Å². The van der Waals surface area contributed by atoms with Crippen LogP contribution in [0.5, 0.6) is 17.2 Å². The van der Waals surface area contributed by atoms with Gasteiger partial charge in [0.25, 0.3) is 0 Å². The molecule has 0 spiro atoms. The van der Waals surface area contributed by atoms with Gasteiger partial charge >= 0.3 is 0 Å². The Balaban J connectivity index is 0.00000280. The van der Waals surface area contributed by atoms with E-state index >= 15 is 0 Å². The third kappa shape index (κ3) is 7.20. The van der Waals surface area contributed by atoms with Crippen LogP contribution >= 0.6 is 24.0 Å². The molecule has 2 heterocycles. The molecule has 28 heavy (non-hydrogen) atoms. The molecule has 3 rings (SSSR count). The number of ether oxygens (including phenoxy) is 3. The minimum absolute atomic E-state index is 0. The lowest BCUT2D eigenvalue weighted by atomic mass is 9.99. The van der Waals surface area contributed by atoms with Crippen molar-refractivity contribution in [3.63, 3.8) is 0 Å². The van der Waals surface area contributed by atoms with Crippen LogP contribution in [0.1, 0.15) is 26.2 Å². The Hall–Kier alpha value is -1.42. The van der Waals surface area contributed by atoms with Crippen molar-refractivity contribution in [2.75, 3.05) is 53.2 Å². The quantitative estimate of drug-likeness (QED) is 0.246. The normalized spacial score (nSPS) is 17.1. The zero-order valence-electron chi connectivity index (χ0n) is 16.9. The van der Waals surface area contributed by atoms with Gasteiger partial charge in [-0.15, -0.1) is 24.0 Å². The highest BCUT2D eigenvalue weighted by Crippen LogP contribution is 2.34. The number of guanidine groups is 1. The van der Waals surface area contributed by atoms with Gasteiger partial charge in [-0.05, 0) is 56.9 Å². The maximum atomic E-state index is 5.75. The molecule has 158 valence electrons. The van der Waals surface area contributed by atoms with Gasteiger partial charge in [-0.2, -0.15) is 0 Å². The number of aliphatic imine (C=N–C) groups is 1. The first-order valence-electron chi connectivity index (χ1n) is 9.94. The number of rotatable bonds is 8. The Morgan fingerprint density at radius 1 is 1.18 bits per heavy atom. The van der Waals surface area contributed by atoms with Crippen LogP contribution in [0.3, 0.4) is 0 Å². The highest BCUT2D eigenvalue weighted by molar-refractivity contribution is 14.0. The van der Waals surface area contributed by atoms with Crippen LogP contribution in [0.25, 0.3) is 0 Å². The number of nitrogens with zero attached hydrogens (tertiary/aromatic N) is 2. The summed E-state index contributed by atoms with van der Waals surface area (Å²) in [5.41, 5.74) is 0. The summed E-state index contributed by atoms with van der Waals surface area (Å²) < 4.78 is 16.4. The van der Waals surface area contributed by atoms with E-state index in [4.69, 9.17) is 14.2 Å². The molecule has 0 aliphatic carbocycles. The Morgan fingerprint density at radius 2 is 1.93 bits per heavy atom. The average Bonchev–Trinajstić information content (AvgIpc) is 3.16. The number of likely N-dealkylation sites (tertiary alicyclic amines) is 1. The monoisotopic (exact) mass is 504 g/mol. The SMILES string of the molecule is CN=C(NCCCN1CCC(C)CC1)NCCOc1ccc2c(c1)OCO2.I. The Bertz CT molecular complexity index is 621. The topological polar surface area (TPSA) is 67.4 Å². The molecular formula is C20H33IN4O3. The fourth-order valence-corrected chi connectivity index (χ4v) is 3.32. The van der Waals surface area contributed by atoms with Crippen molar-refractivity contribution < 1.29 is 14.2 Å². The van der Waals surface area contributed by atoms with E-state index < -0.39 is 0 Å². The van der Waals surface area contributed by atoms with E-state index in [1.54, 1.807) is 7.05 Å². The summed E-state index contributed by atoms with van der Waals surface area (Å²) >= 11 is 0. The molecule has 0 atom stereocenters. The summed E-state index contributed by atoms with van der Waals surface area (Å²) in [6.45, 7) is 8.42. The van der Waals surface area contributed by atoms with Crippen LogP contribution in [-0.4, -0.2) is 64.0 Å². The van der Waals surface area contributed by atoms with Crippen LogP contribution in [0, 0.1) is 5.92 Å². The van der Waals surface area contributed by atoms with Gasteiger partial charge in [0.15, 0.2) is 17.5 Å². The van der Waals surface area contributed by atoms with Crippen LogP contribution in [-0.2, 0) is 0 Å². The van der Waals surface area contributed by atoms with Crippen molar-refractivity contribution in [2.24, 2.45) is 10.9 Å². The molecule has 2 aliphatic rings. The lowest BCUT2D eigenvalue weighted by molar-refractivity contribution is 0.173. The Labute approximate surface area is 185 Å². The highest BCUT2D eigenvalue weighted by atomic mass is 127. The second kappa shape index (κ2) is 12.2. The number of hydrogen-bond acceptors (Lipinski definition) is 5. The molecule has 1 fully saturated rings. The lowest BCUT2D eigenvalue weighted by Gasteiger charge is -2.30. The van der Waals surface area contributed by atoms with E-state index in [9.17, 15) is 0 Å². The van der Waals surface area contributed by atoms with Crippen molar-refractivity contribution in [3.8, 4) is 17.2 Å². The van der Waals surface area contributed by atoms with Gasteiger partial charge < -0.3 is 29.7 Å². The number of halogens is 1. The minimum atomic E-state index is 0. The summed E-state index contributed by atoms with van der Waals surface area (Å²) in [5, 5.41) is 6.65. The molecule has 2 aliphatic heterocycles. The second-order valence-electron chi connectivity index (χ2n) is 7.17. The van der Waals surface area contributed by atoms with E-state index in [0.29, 0.717) is 13.2 Å². The van der Waals surface area contributed by atoms with Crippen molar-refractivity contribution >= 4 is 29.9 Å². The van der Waals surface area contributed by atoms with E-state index in [1.165, 1.54) is 25.9 Å². The van der Waals surface area contributed by atoms with Crippen LogP contribution in [0.4, 0.5) is 0 Å². The molecule has 1 aromatic carbocycles. The lowest BCUT2D eigenvalue weighted by Crippen LogP contribution is -2.41. The van der Waals surface area contributed by atoms with Gasteiger partial charge in [0.2, 0.25) is 6.79 Å². The summed E-state index contributed by atoms with van der Waals surface area (Å²) in [6, 6.07) is 5.62. The molecular weight excluding hydrogens is 471 g/mol. The standard InChI is InChI=1S/C20H32N4O3.HI/c1-16-6-11-24(12-7-16)10-3-8-22-20(21-2)23-9-13-25-17-4-5-18-19(14-17)27-15-26-18;/h4-5,14,16H,3,6-13,15H2,1-2H3,(H2,21,22,23);1H. The van der Waals surface area contributed by atoms with Gasteiger partial charge in [0, 0.05) is 19.7 Å². The molecule has 8 heteroatoms. The summed E-state index contributed by atoms with van der Waals surface area (Å²) in [6.07, 6.45) is 3.79. The van der Waals surface area contributed by atoms with Gasteiger partial charge in [0.05, 0.1) is 6.54 Å². The number of piperidine rings is 1. The molecule has 0 radical (unpaired) electrons. The van der Waals surface area contributed by atoms with Crippen LogP contribution in [0.2, 0.25) is 0 Å². The third-order valence-electron chi connectivity index (χ3n) is 5.05. The van der Waals surface area contributed by atoms with Crippen molar-refractivity contribution in [1.29, 1.82) is 0 Å². The zero-order valence-corrected chi connectivity index (χ0v) is 19.2. The zero-order chi connectivity index (χ0) is 18.9. The summed E-state index contributed by atoms with van der Waals surface area (Å²) in [5.74, 6) is 3.99. The fraction of sp³-hybridized carbons (Fsp3) is 0.650. The smallest absolute Gasteiger partial charge is 0.231 e. The molecule has 7 nitrogen and oxygen atoms in total. The molecule has 1 aromatic rings. The predicted molar refractivity (Wildman–Crippen MR) is 122 cm³/mol. The van der Waals surface area contributed by atoms with Gasteiger partial charge in [-0.25, -0.2) is 0 Å². The minimum Gasteiger partial charge on any atom is -0.492 e. The largest absolute Gasteiger partial charge is 0.492 e. The molecule has 0 unspecified atom stereocenters. The maximum absolute atomic E-state index is 5.75. The number of benzene rings is 1. The van der Waals surface area contributed by atoms with Crippen molar-refractivity contribution in [3.05, 3.63) is 18.2 Å². The molecule has 0 amide bonds. The van der Waals surface area contributed by atoms with E-state index in [0.717, 1.165) is 48.6 Å². The maximum Gasteiger partial charge on any atom is 0.231 e. The van der Waals surface area contributed by atoms with E-state index in [2.05, 4.69) is 27.4 Å². The van der Waals surface area contributed by atoms with E-state index in [1.807, 2.05) is 18.2 Å². The summed E-state index contributed by atoms with van der Waals surface area (Å²) in [4.78, 5) is 6.83. The third-order valence-corrected chi connectivity index (χ3v) is 5.05. The average molecular weight is 504 g/mol. The fourth-order valence-electron chi connectivity index (χ4n) is 3.32. The molecule has 0 saturated carbocycles. The Kier molecular flexibility index (Phi) is 9.97. The highest BCUT2D eigenvalue weighted by Gasteiger charge is 2.15. The summed E-state index contributed by atoms with van der Waals surface area (Å²) in [7, 11) is 1.79. The van der Waals surface area contributed by atoms with Crippen LogP contribution < -0.4 is 24.8 Å². The van der Waals surface area contributed by atoms with Crippen molar-refractivity contribution in [2.45, 2.75) is 26.2 Å². The number of nitrogens with one attached hydrogen (secondary N) is 2. The van der Waals surface area contributed by atoms with Gasteiger partial charge in [0.1, 0.15) is 12.4 Å². The molecule has 1 saturated heterocycles.